The fourth-order valence-electron chi connectivity index (χ4n) is 3.11. The van der Waals surface area contributed by atoms with E-state index in [1.807, 2.05) is 19.4 Å². The average molecular weight is 314 g/mol. The summed E-state index contributed by atoms with van der Waals surface area (Å²) in [6.45, 7) is 6.12. The number of piperidine rings is 1. The number of imidazole rings is 1. The van der Waals surface area contributed by atoms with E-state index >= 15 is 0 Å². The zero-order valence-electron chi connectivity index (χ0n) is 13.6. The molecule has 2 atom stereocenters. The maximum absolute atomic E-state index is 12.2. The molecular formula is C17H22N4O2. The van der Waals surface area contributed by atoms with Crippen molar-refractivity contribution in [2.45, 2.75) is 26.3 Å². The molecule has 23 heavy (non-hydrogen) atoms. The van der Waals surface area contributed by atoms with Crippen LogP contribution in [0.4, 0.5) is 5.82 Å². The number of hydrogen-bond acceptors (Lipinski definition) is 5. The molecule has 0 radical (unpaired) electrons. The SMILES string of the molecule is CCOC(=O)c1cccnc1N1CCC(C)C(n2ccnc2)C1. The Morgan fingerprint density at radius 3 is 3.04 bits per heavy atom. The minimum Gasteiger partial charge on any atom is -0.462 e. The Morgan fingerprint density at radius 2 is 2.30 bits per heavy atom. The Labute approximate surface area is 136 Å². The predicted octanol–water partition coefficient (Wildman–Crippen LogP) is 2.54. The number of pyridine rings is 1. The molecular weight excluding hydrogens is 292 g/mol. The monoisotopic (exact) mass is 314 g/mol. The van der Waals surface area contributed by atoms with Crippen molar-refractivity contribution >= 4 is 11.8 Å². The Bertz CT molecular complexity index is 656. The number of anilines is 1. The van der Waals surface area contributed by atoms with Crippen LogP contribution in [0.25, 0.3) is 0 Å². The van der Waals surface area contributed by atoms with E-state index in [-0.39, 0.29) is 5.97 Å². The zero-order valence-corrected chi connectivity index (χ0v) is 13.6. The van der Waals surface area contributed by atoms with Gasteiger partial charge in [-0.1, -0.05) is 6.92 Å². The van der Waals surface area contributed by atoms with Crippen molar-refractivity contribution in [3.63, 3.8) is 0 Å². The highest BCUT2D eigenvalue weighted by Gasteiger charge is 2.30. The Kier molecular flexibility index (Phi) is 4.60. The molecule has 6 nitrogen and oxygen atoms in total. The molecule has 2 unspecified atom stereocenters. The highest BCUT2D eigenvalue weighted by molar-refractivity contribution is 5.94. The largest absolute Gasteiger partial charge is 0.462 e. The number of rotatable bonds is 4. The molecule has 0 spiro atoms. The topological polar surface area (TPSA) is 60.2 Å². The van der Waals surface area contributed by atoms with Crippen molar-refractivity contribution in [1.29, 1.82) is 0 Å². The first-order valence-corrected chi connectivity index (χ1v) is 8.05. The van der Waals surface area contributed by atoms with Gasteiger partial charge in [-0.3, -0.25) is 0 Å². The second-order valence-corrected chi connectivity index (χ2v) is 5.88. The van der Waals surface area contributed by atoms with E-state index in [0.29, 0.717) is 29.9 Å². The summed E-state index contributed by atoms with van der Waals surface area (Å²) in [5.41, 5.74) is 0.535. The van der Waals surface area contributed by atoms with E-state index in [1.54, 1.807) is 24.5 Å². The lowest BCUT2D eigenvalue weighted by Gasteiger charge is -2.38. The molecule has 0 aromatic carbocycles. The molecule has 0 saturated carbocycles. The van der Waals surface area contributed by atoms with Gasteiger partial charge in [-0.25, -0.2) is 14.8 Å². The highest BCUT2D eigenvalue weighted by Crippen LogP contribution is 2.31. The molecule has 1 fully saturated rings. The minimum absolute atomic E-state index is 0.312. The number of nitrogens with zero attached hydrogens (tertiary/aromatic N) is 4. The van der Waals surface area contributed by atoms with Gasteiger partial charge in [0.25, 0.3) is 0 Å². The van der Waals surface area contributed by atoms with Crippen molar-refractivity contribution in [2.24, 2.45) is 5.92 Å². The van der Waals surface area contributed by atoms with Crippen LogP contribution in [0, 0.1) is 5.92 Å². The third-order valence-electron chi connectivity index (χ3n) is 4.41. The molecule has 6 heteroatoms. The summed E-state index contributed by atoms with van der Waals surface area (Å²) in [5, 5.41) is 0. The van der Waals surface area contributed by atoms with Crippen LogP contribution in [0.3, 0.4) is 0 Å². The first kappa shape index (κ1) is 15.5. The Hall–Kier alpha value is -2.37. The lowest BCUT2D eigenvalue weighted by atomic mass is 9.93. The lowest BCUT2D eigenvalue weighted by molar-refractivity contribution is 0.0526. The Morgan fingerprint density at radius 1 is 1.43 bits per heavy atom. The summed E-state index contributed by atoms with van der Waals surface area (Å²) in [6.07, 6.45) is 8.42. The van der Waals surface area contributed by atoms with Crippen LogP contribution in [-0.4, -0.2) is 40.2 Å². The van der Waals surface area contributed by atoms with Crippen molar-refractivity contribution < 1.29 is 9.53 Å². The van der Waals surface area contributed by atoms with Crippen LogP contribution in [0.2, 0.25) is 0 Å². The maximum atomic E-state index is 12.2. The van der Waals surface area contributed by atoms with Gasteiger partial charge in [-0.2, -0.15) is 0 Å². The van der Waals surface area contributed by atoms with E-state index in [1.165, 1.54) is 0 Å². The molecule has 0 amide bonds. The van der Waals surface area contributed by atoms with E-state index in [9.17, 15) is 4.79 Å². The average Bonchev–Trinajstić information content (AvgIpc) is 3.10. The standard InChI is InChI=1S/C17H22N4O2/c1-3-23-17(22)14-5-4-7-19-16(14)20-9-6-13(2)15(11-20)21-10-8-18-12-21/h4-5,7-8,10,12-13,15H,3,6,9,11H2,1-2H3. The molecule has 1 aliphatic heterocycles. The second-order valence-electron chi connectivity index (χ2n) is 5.88. The van der Waals surface area contributed by atoms with Crippen LogP contribution >= 0.6 is 0 Å². The van der Waals surface area contributed by atoms with E-state index in [2.05, 4.69) is 26.4 Å². The normalized spacial score (nSPS) is 21.2. The third-order valence-corrected chi connectivity index (χ3v) is 4.41. The zero-order chi connectivity index (χ0) is 16.2. The number of esters is 1. The quantitative estimate of drug-likeness (QED) is 0.812. The smallest absolute Gasteiger partial charge is 0.341 e. The van der Waals surface area contributed by atoms with Gasteiger partial charge in [0.2, 0.25) is 0 Å². The van der Waals surface area contributed by atoms with Gasteiger partial charge in [0.1, 0.15) is 11.4 Å². The van der Waals surface area contributed by atoms with Gasteiger partial charge in [0, 0.05) is 31.7 Å². The molecule has 2 aromatic heterocycles. The molecule has 1 saturated heterocycles. The first-order chi connectivity index (χ1) is 11.2. The molecule has 3 heterocycles. The van der Waals surface area contributed by atoms with Gasteiger partial charge >= 0.3 is 5.97 Å². The lowest BCUT2D eigenvalue weighted by Crippen LogP contribution is -2.41. The van der Waals surface area contributed by atoms with Gasteiger partial charge < -0.3 is 14.2 Å². The molecule has 0 N–H and O–H groups in total. The molecule has 2 aromatic rings. The predicted molar refractivity (Wildman–Crippen MR) is 87.5 cm³/mol. The number of carbonyl (C=O) groups is 1. The van der Waals surface area contributed by atoms with Crippen molar-refractivity contribution in [3.05, 3.63) is 42.6 Å². The van der Waals surface area contributed by atoms with Gasteiger partial charge in [0.15, 0.2) is 0 Å². The fourth-order valence-corrected chi connectivity index (χ4v) is 3.11. The summed E-state index contributed by atoms with van der Waals surface area (Å²) in [6, 6.07) is 3.88. The van der Waals surface area contributed by atoms with Gasteiger partial charge in [-0.15, -0.1) is 0 Å². The molecule has 1 aliphatic rings. The number of ether oxygens (including phenoxy) is 1. The van der Waals surface area contributed by atoms with Crippen LogP contribution < -0.4 is 4.90 Å². The molecule has 122 valence electrons. The number of aromatic nitrogens is 3. The fraction of sp³-hybridized carbons (Fsp3) is 0.471. The summed E-state index contributed by atoms with van der Waals surface area (Å²) in [5.74, 6) is 0.951. The molecule has 3 rings (SSSR count). The Balaban J connectivity index is 1.86. The van der Waals surface area contributed by atoms with E-state index in [0.717, 1.165) is 19.5 Å². The van der Waals surface area contributed by atoms with Crippen LogP contribution in [0.1, 0.15) is 36.7 Å². The summed E-state index contributed by atoms with van der Waals surface area (Å²) >= 11 is 0. The maximum Gasteiger partial charge on any atom is 0.341 e. The number of carbonyl (C=O) groups excluding carboxylic acids is 1. The second kappa shape index (κ2) is 6.81. The van der Waals surface area contributed by atoms with Crippen LogP contribution in [0.15, 0.2) is 37.1 Å². The summed E-state index contributed by atoms with van der Waals surface area (Å²) < 4.78 is 7.30. The van der Waals surface area contributed by atoms with Crippen molar-refractivity contribution in [3.8, 4) is 0 Å². The highest BCUT2D eigenvalue weighted by atomic mass is 16.5. The van der Waals surface area contributed by atoms with Crippen LogP contribution in [-0.2, 0) is 4.74 Å². The van der Waals surface area contributed by atoms with Gasteiger partial charge in [0.05, 0.1) is 19.0 Å². The molecule has 0 aliphatic carbocycles. The van der Waals surface area contributed by atoms with Gasteiger partial charge in [-0.05, 0) is 31.4 Å². The molecule has 0 bridgehead atoms. The first-order valence-electron chi connectivity index (χ1n) is 8.05. The van der Waals surface area contributed by atoms with Crippen LogP contribution in [0.5, 0.6) is 0 Å². The van der Waals surface area contributed by atoms with Crippen molar-refractivity contribution in [2.75, 3.05) is 24.6 Å². The minimum atomic E-state index is -0.312. The van der Waals surface area contributed by atoms with Crippen molar-refractivity contribution in [1.82, 2.24) is 14.5 Å². The third kappa shape index (κ3) is 3.21. The summed E-state index contributed by atoms with van der Waals surface area (Å²) in [7, 11) is 0. The summed E-state index contributed by atoms with van der Waals surface area (Å²) in [4.78, 5) is 23.0. The van der Waals surface area contributed by atoms with E-state index < -0.39 is 0 Å². The number of hydrogen-bond donors (Lipinski definition) is 0. The van der Waals surface area contributed by atoms with E-state index in [4.69, 9.17) is 4.74 Å².